The van der Waals surface area contributed by atoms with Crippen molar-refractivity contribution in [3.05, 3.63) is 70.8 Å². The van der Waals surface area contributed by atoms with Crippen LogP contribution in [0.15, 0.2) is 42.7 Å². The summed E-state index contributed by atoms with van der Waals surface area (Å²) in [5.41, 5.74) is -1.05. The van der Waals surface area contributed by atoms with Crippen molar-refractivity contribution in [2.24, 2.45) is 5.92 Å². The van der Waals surface area contributed by atoms with Gasteiger partial charge < -0.3 is 14.5 Å². The third-order valence-corrected chi connectivity index (χ3v) is 9.11. The fourth-order valence-corrected chi connectivity index (χ4v) is 6.55. The summed E-state index contributed by atoms with van der Waals surface area (Å²) in [6, 6.07) is 3.73. The second-order valence-corrected chi connectivity index (χ2v) is 12.4. The molecule has 1 unspecified atom stereocenters. The number of carbonyl (C=O) groups is 2. The third-order valence-electron chi connectivity index (χ3n) is 9.11. The first kappa shape index (κ1) is 35.9. The maximum absolute atomic E-state index is 13.9. The molecule has 0 spiro atoms. The molecule has 4 heterocycles. The number of ketones is 1. The van der Waals surface area contributed by atoms with Crippen LogP contribution in [0.1, 0.15) is 80.6 Å². The maximum Gasteiger partial charge on any atom is 0.416 e. The Hall–Kier alpha value is -4.43. The van der Waals surface area contributed by atoms with Crippen molar-refractivity contribution >= 4 is 29.2 Å². The van der Waals surface area contributed by atoms with Gasteiger partial charge in [-0.25, -0.2) is 14.8 Å². The number of pyridine rings is 1. The molecule has 3 aromatic rings. The maximum atomic E-state index is 13.9. The molecule has 5 rings (SSSR count). The number of anilines is 3. The Bertz CT molecular complexity index is 1630. The number of alkyl halides is 6. The van der Waals surface area contributed by atoms with Gasteiger partial charge in [-0.1, -0.05) is 6.92 Å². The van der Waals surface area contributed by atoms with E-state index < -0.39 is 48.2 Å². The number of piperidine rings is 1. The lowest BCUT2D eigenvalue weighted by Gasteiger charge is -2.43. The second-order valence-electron chi connectivity index (χ2n) is 12.4. The number of fused-ring (bicyclic) bond motifs is 1. The first-order chi connectivity index (χ1) is 23.1. The lowest BCUT2D eigenvalue weighted by Crippen LogP contribution is -2.48. The molecule has 1 amide bonds. The number of nitrogens with zero attached hydrogens (tertiary/aromatic N) is 6. The Morgan fingerprint density at radius 1 is 0.959 bits per heavy atom. The highest BCUT2D eigenvalue weighted by atomic mass is 19.4. The van der Waals surface area contributed by atoms with Gasteiger partial charge >= 0.3 is 18.4 Å². The molecule has 2 aromatic heterocycles. The first-order valence-corrected chi connectivity index (χ1v) is 16.2. The summed E-state index contributed by atoms with van der Waals surface area (Å²) < 4.78 is 88.6. The Kier molecular flexibility index (Phi) is 10.4. The highest BCUT2D eigenvalue weighted by Crippen LogP contribution is 2.43. The first-order valence-electron chi connectivity index (χ1n) is 16.2. The molecule has 1 aromatic carbocycles. The number of amides is 1. The summed E-state index contributed by atoms with van der Waals surface area (Å²) in [6.45, 7) is 7.76. The van der Waals surface area contributed by atoms with E-state index in [4.69, 9.17) is 9.72 Å². The molecule has 0 radical (unpaired) electrons. The fourth-order valence-electron chi connectivity index (χ4n) is 6.55. The molecule has 0 aliphatic carbocycles. The molecule has 0 saturated carbocycles. The highest BCUT2D eigenvalue weighted by Gasteiger charge is 2.42. The van der Waals surface area contributed by atoms with Crippen LogP contribution in [0.5, 0.6) is 0 Å². The highest BCUT2D eigenvalue weighted by molar-refractivity contribution is 5.90. The van der Waals surface area contributed by atoms with Crippen LogP contribution in [0, 0.1) is 12.8 Å². The number of aromatic nitrogens is 3. The molecule has 15 heteroatoms. The fraction of sp³-hybridized carbons (Fsp3) is 0.500. The SMILES string of the molecule is CCOC(=O)N1c2ccc(C)nc2C(N(Cc2cc(C(F)(F)F)cc(C(F)(F)F)c2)c2ncc(N3CCC(C(C)=O)CC3)cn2)C[C@H]1CC. The topological polar surface area (TPSA) is 91.8 Å². The van der Waals surface area contributed by atoms with Crippen LogP contribution in [0.2, 0.25) is 0 Å². The normalized spacial score (nSPS) is 18.7. The molecule has 2 aliphatic heterocycles. The molecule has 1 fully saturated rings. The minimum atomic E-state index is -5.03. The van der Waals surface area contributed by atoms with Gasteiger partial charge in [0.2, 0.25) is 5.95 Å². The van der Waals surface area contributed by atoms with E-state index in [2.05, 4.69) is 9.97 Å². The van der Waals surface area contributed by atoms with Crippen LogP contribution in [-0.2, 0) is 28.4 Å². The van der Waals surface area contributed by atoms with E-state index in [-0.39, 0.29) is 42.3 Å². The van der Waals surface area contributed by atoms with Crippen molar-refractivity contribution in [1.29, 1.82) is 0 Å². The van der Waals surface area contributed by atoms with Crippen molar-refractivity contribution in [3.63, 3.8) is 0 Å². The summed E-state index contributed by atoms with van der Waals surface area (Å²) in [6.07, 6.45) is -5.51. The number of hydrogen-bond acceptors (Lipinski definition) is 8. The minimum Gasteiger partial charge on any atom is -0.449 e. The van der Waals surface area contributed by atoms with Crippen molar-refractivity contribution in [2.45, 2.75) is 84.4 Å². The van der Waals surface area contributed by atoms with E-state index in [9.17, 15) is 35.9 Å². The van der Waals surface area contributed by atoms with Crippen molar-refractivity contribution in [3.8, 4) is 0 Å². The number of halogens is 6. The molecule has 264 valence electrons. The van der Waals surface area contributed by atoms with Gasteiger partial charge in [-0.3, -0.25) is 14.7 Å². The van der Waals surface area contributed by atoms with Crippen LogP contribution in [-0.4, -0.2) is 52.6 Å². The monoisotopic (exact) mass is 692 g/mol. The molecular weight excluding hydrogens is 654 g/mol. The van der Waals surface area contributed by atoms with E-state index >= 15 is 0 Å². The lowest BCUT2D eigenvalue weighted by atomic mass is 9.91. The molecule has 1 saturated heterocycles. The van der Waals surface area contributed by atoms with Crippen LogP contribution in [0.25, 0.3) is 0 Å². The number of benzene rings is 1. The van der Waals surface area contributed by atoms with Crippen molar-refractivity contribution in [2.75, 3.05) is 34.4 Å². The van der Waals surface area contributed by atoms with Crippen LogP contribution < -0.4 is 14.7 Å². The summed E-state index contributed by atoms with van der Waals surface area (Å²) in [4.78, 5) is 44.0. The zero-order valence-electron chi connectivity index (χ0n) is 27.6. The number of Topliss-reactive ketones (excluding diaryl/α,β-unsaturated/α-hetero) is 1. The molecule has 0 bridgehead atoms. The smallest absolute Gasteiger partial charge is 0.416 e. The lowest BCUT2D eigenvalue weighted by molar-refractivity contribution is -0.143. The van der Waals surface area contributed by atoms with Crippen LogP contribution in [0.3, 0.4) is 0 Å². The largest absolute Gasteiger partial charge is 0.449 e. The van der Waals surface area contributed by atoms with Gasteiger partial charge in [0.1, 0.15) is 5.78 Å². The molecule has 0 N–H and O–H groups in total. The predicted octanol–water partition coefficient (Wildman–Crippen LogP) is 7.92. The minimum absolute atomic E-state index is 0.0241. The van der Waals surface area contributed by atoms with Gasteiger partial charge in [0.15, 0.2) is 0 Å². The van der Waals surface area contributed by atoms with Crippen molar-refractivity contribution in [1.82, 2.24) is 15.0 Å². The number of aryl methyl sites for hydroxylation is 1. The van der Waals surface area contributed by atoms with Gasteiger partial charge in [-0.05, 0) is 82.3 Å². The molecule has 9 nitrogen and oxygen atoms in total. The van der Waals surface area contributed by atoms with E-state index in [0.29, 0.717) is 67.2 Å². The quantitative estimate of drug-likeness (QED) is 0.220. The van der Waals surface area contributed by atoms with E-state index in [1.165, 1.54) is 4.90 Å². The Morgan fingerprint density at radius 3 is 2.10 bits per heavy atom. The predicted molar refractivity (Wildman–Crippen MR) is 170 cm³/mol. The van der Waals surface area contributed by atoms with E-state index in [1.807, 2.05) is 11.8 Å². The number of rotatable bonds is 8. The average molecular weight is 693 g/mol. The van der Waals surface area contributed by atoms with Gasteiger partial charge in [0, 0.05) is 37.3 Å². The number of carbonyl (C=O) groups excluding carboxylic acids is 2. The zero-order valence-corrected chi connectivity index (χ0v) is 27.6. The Morgan fingerprint density at radius 2 is 1.57 bits per heavy atom. The summed E-state index contributed by atoms with van der Waals surface area (Å²) in [5.74, 6) is 0.171. The third kappa shape index (κ3) is 7.91. The zero-order chi connectivity index (χ0) is 35.7. The summed E-state index contributed by atoms with van der Waals surface area (Å²) >= 11 is 0. The molecule has 2 atom stereocenters. The van der Waals surface area contributed by atoms with Crippen LogP contribution >= 0.6 is 0 Å². The van der Waals surface area contributed by atoms with Gasteiger partial charge in [0.05, 0.1) is 53.2 Å². The number of ether oxygens (including phenoxy) is 1. The van der Waals surface area contributed by atoms with Crippen LogP contribution in [0.4, 0.5) is 48.5 Å². The molecule has 2 aliphatic rings. The summed E-state index contributed by atoms with van der Waals surface area (Å²) in [5, 5.41) is 0. The number of hydrogen-bond donors (Lipinski definition) is 0. The van der Waals surface area contributed by atoms with Gasteiger partial charge in [0.25, 0.3) is 0 Å². The van der Waals surface area contributed by atoms with E-state index in [1.54, 1.807) is 50.2 Å². The van der Waals surface area contributed by atoms with Gasteiger partial charge in [-0.15, -0.1) is 0 Å². The molecular formula is C34H38F6N6O3. The Balaban J connectivity index is 1.61. The Labute approximate surface area is 280 Å². The van der Waals surface area contributed by atoms with Crippen molar-refractivity contribution < 1.29 is 40.7 Å². The molecule has 49 heavy (non-hydrogen) atoms. The standard InChI is InChI=1S/C34H38F6N6O3/c1-5-26-16-29(30-28(8-7-20(3)43-30)46(26)32(48)49-6-2)45(19-22-13-24(33(35,36)37)15-25(14-22)34(38,39)40)31-41-17-27(18-42-31)44-11-9-23(10-12-44)21(4)47/h7-8,13-15,17-18,23,26,29H,5-6,9-12,16,19H2,1-4H3/t26-,29?/m1/s1. The second kappa shape index (κ2) is 14.2. The average Bonchev–Trinajstić information content (AvgIpc) is 3.06. The summed E-state index contributed by atoms with van der Waals surface area (Å²) in [7, 11) is 0. The van der Waals surface area contributed by atoms with Gasteiger partial charge in [-0.2, -0.15) is 26.3 Å². The van der Waals surface area contributed by atoms with E-state index in [0.717, 1.165) is 0 Å².